The topological polar surface area (TPSA) is 101 Å². The first kappa shape index (κ1) is 30.7. The minimum atomic E-state index is -0.378. The van der Waals surface area contributed by atoms with Crippen LogP contribution < -0.4 is 16.0 Å². The van der Waals surface area contributed by atoms with E-state index in [1.807, 2.05) is 31.2 Å². The van der Waals surface area contributed by atoms with Crippen molar-refractivity contribution in [3.8, 4) is 5.69 Å². The summed E-state index contributed by atoms with van der Waals surface area (Å²) in [6.45, 7) is 6.82. The monoisotopic (exact) mass is 578 g/mol. The molecule has 1 amide bonds. The third-order valence-electron chi connectivity index (χ3n) is 9.57. The van der Waals surface area contributed by atoms with Crippen molar-refractivity contribution in [2.75, 3.05) is 31.6 Å². The minimum absolute atomic E-state index is 0.0123. The lowest BCUT2D eigenvalue weighted by Gasteiger charge is -2.48. The van der Waals surface area contributed by atoms with Gasteiger partial charge in [-0.1, -0.05) is 57.4 Å². The zero-order valence-corrected chi connectivity index (χ0v) is 25.6. The number of hydrogen-bond acceptors (Lipinski definition) is 7. The maximum atomic E-state index is 13.3. The molecule has 0 bridgehead atoms. The summed E-state index contributed by atoms with van der Waals surface area (Å²) >= 11 is 0. The number of ether oxygens (including phenoxy) is 1. The number of likely N-dealkylation sites (tertiary alicyclic amines) is 1. The molecular formula is C33H50N6O3. The molecule has 5 rings (SSSR count). The van der Waals surface area contributed by atoms with Gasteiger partial charge in [0.2, 0.25) is 5.91 Å². The Morgan fingerprint density at radius 2 is 1.71 bits per heavy atom. The molecule has 0 radical (unpaired) electrons. The van der Waals surface area contributed by atoms with Crippen LogP contribution in [0.15, 0.2) is 30.5 Å². The largest absolute Gasteiger partial charge is 0.462 e. The van der Waals surface area contributed by atoms with E-state index < -0.39 is 0 Å². The van der Waals surface area contributed by atoms with Crippen molar-refractivity contribution in [3.05, 3.63) is 41.7 Å². The third kappa shape index (κ3) is 7.60. The molecule has 230 valence electrons. The number of amides is 1. The number of nitrogens with zero attached hydrogens (tertiary/aromatic N) is 3. The van der Waals surface area contributed by atoms with Crippen molar-refractivity contribution in [3.63, 3.8) is 0 Å². The number of aromatic nitrogens is 2. The Kier molecular flexibility index (Phi) is 10.7. The summed E-state index contributed by atoms with van der Waals surface area (Å²) in [5.41, 5.74) is 2.93. The summed E-state index contributed by atoms with van der Waals surface area (Å²) in [6, 6.07) is 7.62. The summed E-state index contributed by atoms with van der Waals surface area (Å²) in [6.07, 6.45) is 18.2. The molecule has 1 aromatic heterocycles. The van der Waals surface area contributed by atoms with Crippen LogP contribution in [-0.2, 0) is 9.53 Å². The van der Waals surface area contributed by atoms with E-state index >= 15 is 0 Å². The predicted molar refractivity (Wildman–Crippen MR) is 166 cm³/mol. The fraction of sp³-hybridized carbons (Fsp3) is 0.667. The van der Waals surface area contributed by atoms with Gasteiger partial charge in [-0.25, -0.2) is 9.48 Å². The van der Waals surface area contributed by atoms with Gasteiger partial charge >= 0.3 is 5.97 Å². The van der Waals surface area contributed by atoms with Crippen LogP contribution in [-0.4, -0.2) is 64.6 Å². The van der Waals surface area contributed by atoms with Gasteiger partial charge in [0.1, 0.15) is 11.9 Å². The number of benzene rings is 1. The van der Waals surface area contributed by atoms with Crippen molar-refractivity contribution >= 4 is 17.6 Å². The highest BCUT2D eigenvalue weighted by molar-refractivity contribution is 5.93. The Morgan fingerprint density at radius 1 is 1.02 bits per heavy atom. The van der Waals surface area contributed by atoms with Crippen LogP contribution >= 0.6 is 0 Å². The number of esters is 1. The maximum Gasteiger partial charge on any atom is 0.341 e. The lowest BCUT2D eigenvalue weighted by atomic mass is 9.82. The molecule has 1 saturated carbocycles. The second kappa shape index (κ2) is 14.6. The first-order valence-electron chi connectivity index (χ1n) is 16.4. The molecule has 3 heterocycles. The van der Waals surface area contributed by atoms with Crippen molar-refractivity contribution in [1.29, 1.82) is 0 Å². The Labute approximate surface area is 251 Å². The molecule has 1 aliphatic carbocycles. The highest BCUT2D eigenvalue weighted by Crippen LogP contribution is 2.31. The van der Waals surface area contributed by atoms with Gasteiger partial charge in [0.25, 0.3) is 0 Å². The molecule has 2 saturated heterocycles. The first-order chi connectivity index (χ1) is 20.5. The van der Waals surface area contributed by atoms with E-state index in [0.717, 1.165) is 43.9 Å². The maximum absolute atomic E-state index is 13.3. The third-order valence-corrected chi connectivity index (χ3v) is 9.57. The van der Waals surface area contributed by atoms with E-state index in [-0.39, 0.29) is 29.6 Å². The Balaban J connectivity index is 1.15. The number of nitrogens with one attached hydrogen (secondary N) is 3. The molecule has 1 atom stereocenters. The highest BCUT2D eigenvalue weighted by Gasteiger charge is 2.38. The van der Waals surface area contributed by atoms with Gasteiger partial charge in [-0.15, -0.1) is 0 Å². The van der Waals surface area contributed by atoms with Crippen LogP contribution in [0.2, 0.25) is 0 Å². The average Bonchev–Trinajstić information content (AvgIpc) is 3.37. The average molecular weight is 579 g/mol. The van der Waals surface area contributed by atoms with Gasteiger partial charge in [-0.2, -0.15) is 5.10 Å². The number of rotatable bonds is 6. The van der Waals surface area contributed by atoms with E-state index in [1.165, 1.54) is 76.8 Å². The molecule has 2 aromatic rings. The standard InChI is InChI=1S/C33H50N6O3/c1-3-42-31(41)29-24-35-39(25(29)2)28-14-12-13-27(23-28)36-30(40)26-15-21-38(22-16-26)32-34-20-19-33(37-32)17-10-8-6-4-5-7-9-11-18-33/h12-14,23-24,26,32,34,37H,3-11,15-22H2,1-2H3,(H,36,40). The van der Waals surface area contributed by atoms with E-state index in [0.29, 0.717) is 17.9 Å². The van der Waals surface area contributed by atoms with Crippen molar-refractivity contribution in [2.45, 2.75) is 109 Å². The van der Waals surface area contributed by atoms with Gasteiger partial charge in [-0.05, 0) is 70.7 Å². The van der Waals surface area contributed by atoms with Gasteiger partial charge < -0.3 is 10.1 Å². The number of carbonyl (C=O) groups excluding carboxylic acids is 2. The van der Waals surface area contributed by atoms with E-state index in [9.17, 15) is 9.59 Å². The molecule has 9 heteroatoms. The van der Waals surface area contributed by atoms with Crippen LogP contribution in [0.25, 0.3) is 5.69 Å². The second-order valence-electron chi connectivity index (χ2n) is 12.5. The van der Waals surface area contributed by atoms with Gasteiger partial charge in [0.05, 0.1) is 24.2 Å². The number of piperidine rings is 1. The van der Waals surface area contributed by atoms with Crippen LogP contribution in [0.4, 0.5) is 5.69 Å². The number of hydrogen-bond donors (Lipinski definition) is 3. The summed E-state index contributed by atoms with van der Waals surface area (Å²) in [5, 5.41) is 15.3. The normalized spacial score (nSPS) is 22.8. The zero-order valence-electron chi connectivity index (χ0n) is 25.6. The first-order valence-corrected chi connectivity index (χ1v) is 16.4. The molecule has 1 aromatic carbocycles. The molecule has 2 aliphatic heterocycles. The molecule has 1 unspecified atom stereocenters. The second-order valence-corrected chi connectivity index (χ2v) is 12.5. The Hall–Kier alpha value is -2.75. The SMILES string of the molecule is CCOC(=O)c1cnn(-c2cccc(NC(=O)C3CCN(C4NCCC5(CCCCCCCCCC5)N4)CC3)c2)c1C. The molecule has 42 heavy (non-hydrogen) atoms. The molecule has 9 nitrogen and oxygen atoms in total. The predicted octanol–water partition coefficient (Wildman–Crippen LogP) is 5.53. The summed E-state index contributed by atoms with van der Waals surface area (Å²) < 4.78 is 6.85. The highest BCUT2D eigenvalue weighted by atomic mass is 16.5. The number of carbonyl (C=O) groups is 2. The minimum Gasteiger partial charge on any atom is -0.462 e. The Morgan fingerprint density at radius 3 is 2.40 bits per heavy atom. The number of anilines is 1. The quantitative estimate of drug-likeness (QED) is 0.388. The summed E-state index contributed by atoms with van der Waals surface area (Å²) in [7, 11) is 0. The van der Waals surface area contributed by atoms with E-state index in [2.05, 4.69) is 25.9 Å². The van der Waals surface area contributed by atoms with Gasteiger partial charge in [0, 0.05) is 30.2 Å². The molecule has 3 fully saturated rings. The van der Waals surface area contributed by atoms with Crippen LogP contribution in [0.5, 0.6) is 0 Å². The van der Waals surface area contributed by atoms with E-state index in [1.54, 1.807) is 11.6 Å². The Bertz CT molecular complexity index is 1180. The lowest BCUT2D eigenvalue weighted by Crippen LogP contribution is -2.68. The lowest BCUT2D eigenvalue weighted by molar-refractivity contribution is -0.121. The van der Waals surface area contributed by atoms with Crippen LogP contribution in [0.3, 0.4) is 0 Å². The molecule has 3 aliphatic rings. The fourth-order valence-electron chi connectivity index (χ4n) is 7.05. The summed E-state index contributed by atoms with van der Waals surface area (Å²) in [5.74, 6) is -0.320. The molecule has 1 spiro atoms. The van der Waals surface area contributed by atoms with Crippen LogP contribution in [0, 0.1) is 12.8 Å². The zero-order chi connectivity index (χ0) is 29.4. The fourth-order valence-corrected chi connectivity index (χ4v) is 7.05. The summed E-state index contributed by atoms with van der Waals surface area (Å²) in [4.78, 5) is 28.0. The molecular weight excluding hydrogens is 528 g/mol. The van der Waals surface area contributed by atoms with Gasteiger partial charge in [-0.3, -0.25) is 20.3 Å². The van der Waals surface area contributed by atoms with Crippen molar-refractivity contribution in [1.82, 2.24) is 25.3 Å². The van der Waals surface area contributed by atoms with Gasteiger partial charge in [0.15, 0.2) is 0 Å². The van der Waals surface area contributed by atoms with Crippen molar-refractivity contribution in [2.24, 2.45) is 5.92 Å². The van der Waals surface area contributed by atoms with E-state index in [4.69, 9.17) is 4.74 Å². The smallest absolute Gasteiger partial charge is 0.341 e. The van der Waals surface area contributed by atoms with Crippen molar-refractivity contribution < 1.29 is 14.3 Å². The molecule has 3 N–H and O–H groups in total. The van der Waals surface area contributed by atoms with Crippen LogP contribution in [0.1, 0.15) is 106 Å².